The molecule has 0 radical (unpaired) electrons. The van der Waals surface area contributed by atoms with Gasteiger partial charge in [0.15, 0.2) is 0 Å². The lowest BCUT2D eigenvalue weighted by atomic mass is 10.1. The van der Waals surface area contributed by atoms with E-state index < -0.39 is 0 Å². The number of nitrogens with two attached hydrogens (primary N) is 1. The minimum Gasteiger partial charge on any atom is -0.341 e. The average Bonchev–Trinajstić information content (AvgIpc) is 2.91. The molecule has 1 amide bonds. The lowest BCUT2D eigenvalue weighted by molar-refractivity contribution is 0.0773. The van der Waals surface area contributed by atoms with Gasteiger partial charge in [0, 0.05) is 25.7 Å². The first kappa shape index (κ1) is 13.1. The van der Waals surface area contributed by atoms with Gasteiger partial charge < -0.3 is 10.6 Å². The lowest BCUT2D eigenvalue weighted by Gasteiger charge is -2.21. The Hall–Kier alpha value is -1.35. The standard InChI is InChI=1S/C15H22N2O/c1-17(11-13-4-2-3-5-13)15(18)14-8-6-12(10-16)7-9-14/h6-9,13H,2-5,10-11,16H2,1H3. The van der Waals surface area contributed by atoms with Crippen molar-refractivity contribution in [1.29, 1.82) is 0 Å². The number of nitrogens with zero attached hydrogens (tertiary/aromatic N) is 1. The lowest BCUT2D eigenvalue weighted by Crippen LogP contribution is -2.31. The molecule has 1 aliphatic carbocycles. The van der Waals surface area contributed by atoms with Crippen LogP contribution in [0.3, 0.4) is 0 Å². The monoisotopic (exact) mass is 246 g/mol. The van der Waals surface area contributed by atoms with Gasteiger partial charge in [-0.05, 0) is 36.5 Å². The summed E-state index contributed by atoms with van der Waals surface area (Å²) in [5.74, 6) is 0.813. The van der Waals surface area contributed by atoms with E-state index >= 15 is 0 Å². The van der Waals surface area contributed by atoms with Gasteiger partial charge in [0.25, 0.3) is 5.91 Å². The molecule has 98 valence electrons. The van der Waals surface area contributed by atoms with Crippen molar-refractivity contribution in [2.45, 2.75) is 32.2 Å². The zero-order valence-electron chi connectivity index (χ0n) is 11.1. The summed E-state index contributed by atoms with van der Waals surface area (Å²) in [5.41, 5.74) is 7.37. The minimum absolute atomic E-state index is 0.116. The van der Waals surface area contributed by atoms with Crippen LogP contribution in [-0.4, -0.2) is 24.4 Å². The van der Waals surface area contributed by atoms with Crippen LogP contribution >= 0.6 is 0 Å². The third-order valence-electron chi connectivity index (χ3n) is 3.79. The number of hydrogen-bond acceptors (Lipinski definition) is 2. The van der Waals surface area contributed by atoms with Gasteiger partial charge in [-0.1, -0.05) is 25.0 Å². The van der Waals surface area contributed by atoms with Crippen molar-refractivity contribution in [3.63, 3.8) is 0 Å². The summed E-state index contributed by atoms with van der Waals surface area (Å²) in [5, 5.41) is 0. The van der Waals surface area contributed by atoms with E-state index in [0.29, 0.717) is 12.5 Å². The zero-order valence-corrected chi connectivity index (χ0v) is 11.1. The molecule has 3 nitrogen and oxygen atoms in total. The van der Waals surface area contributed by atoms with Crippen LogP contribution in [0.5, 0.6) is 0 Å². The fourth-order valence-electron chi connectivity index (χ4n) is 2.67. The predicted octanol–water partition coefficient (Wildman–Crippen LogP) is 2.41. The Bertz CT molecular complexity index is 393. The fourth-order valence-corrected chi connectivity index (χ4v) is 2.67. The summed E-state index contributed by atoms with van der Waals surface area (Å²) in [7, 11) is 1.90. The number of rotatable bonds is 4. The zero-order chi connectivity index (χ0) is 13.0. The summed E-state index contributed by atoms with van der Waals surface area (Å²) in [6.45, 7) is 1.41. The molecule has 18 heavy (non-hydrogen) atoms. The Morgan fingerprint density at radius 2 is 1.89 bits per heavy atom. The van der Waals surface area contributed by atoms with Gasteiger partial charge in [-0.15, -0.1) is 0 Å². The summed E-state index contributed by atoms with van der Waals surface area (Å²) in [4.78, 5) is 14.1. The van der Waals surface area contributed by atoms with E-state index in [9.17, 15) is 4.79 Å². The number of benzene rings is 1. The van der Waals surface area contributed by atoms with Crippen LogP contribution < -0.4 is 5.73 Å². The first-order chi connectivity index (χ1) is 8.70. The number of amides is 1. The summed E-state index contributed by atoms with van der Waals surface area (Å²) >= 11 is 0. The second-order valence-corrected chi connectivity index (χ2v) is 5.24. The van der Waals surface area contributed by atoms with Gasteiger partial charge in [0.05, 0.1) is 0 Å². The largest absolute Gasteiger partial charge is 0.341 e. The van der Waals surface area contributed by atoms with Crippen molar-refractivity contribution < 1.29 is 4.79 Å². The molecule has 0 bridgehead atoms. The molecular weight excluding hydrogens is 224 g/mol. The number of carbonyl (C=O) groups excluding carboxylic acids is 1. The smallest absolute Gasteiger partial charge is 0.253 e. The van der Waals surface area contributed by atoms with Crippen molar-refractivity contribution in [2.75, 3.05) is 13.6 Å². The summed E-state index contributed by atoms with van der Waals surface area (Å²) in [6.07, 6.45) is 5.17. The van der Waals surface area contributed by atoms with Crippen LogP contribution in [0.1, 0.15) is 41.6 Å². The first-order valence-electron chi connectivity index (χ1n) is 6.75. The molecule has 1 saturated carbocycles. The highest BCUT2D eigenvalue weighted by Gasteiger charge is 2.20. The van der Waals surface area contributed by atoms with Gasteiger partial charge in [-0.2, -0.15) is 0 Å². The highest BCUT2D eigenvalue weighted by Crippen LogP contribution is 2.25. The van der Waals surface area contributed by atoms with E-state index in [1.165, 1.54) is 25.7 Å². The van der Waals surface area contributed by atoms with Gasteiger partial charge >= 0.3 is 0 Å². The highest BCUT2D eigenvalue weighted by molar-refractivity contribution is 5.94. The van der Waals surface area contributed by atoms with E-state index in [0.717, 1.165) is 17.7 Å². The maximum absolute atomic E-state index is 12.2. The Morgan fingerprint density at radius 1 is 1.28 bits per heavy atom. The molecule has 0 aliphatic heterocycles. The van der Waals surface area contributed by atoms with Crippen LogP contribution in [0.4, 0.5) is 0 Å². The Morgan fingerprint density at radius 3 is 2.44 bits per heavy atom. The number of hydrogen-bond donors (Lipinski definition) is 1. The third kappa shape index (κ3) is 3.10. The topological polar surface area (TPSA) is 46.3 Å². The molecule has 0 atom stereocenters. The van der Waals surface area contributed by atoms with E-state index in [-0.39, 0.29) is 5.91 Å². The molecule has 2 rings (SSSR count). The van der Waals surface area contributed by atoms with E-state index in [2.05, 4.69) is 0 Å². The molecule has 0 aromatic heterocycles. The Labute approximate surface area is 109 Å². The third-order valence-corrected chi connectivity index (χ3v) is 3.79. The van der Waals surface area contributed by atoms with Crippen molar-refractivity contribution in [1.82, 2.24) is 4.90 Å². The predicted molar refractivity (Wildman–Crippen MR) is 73.3 cm³/mol. The SMILES string of the molecule is CN(CC1CCCC1)C(=O)c1ccc(CN)cc1. The first-order valence-corrected chi connectivity index (χ1v) is 6.75. The molecule has 1 aromatic rings. The van der Waals surface area contributed by atoms with Crippen molar-refractivity contribution in [2.24, 2.45) is 11.7 Å². The van der Waals surface area contributed by atoms with E-state index in [1.54, 1.807) is 0 Å². The van der Waals surface area contributed by atoms with Crippen molar-refractivity contribution in [3.05, 3.63) is 35.4 Å². The van der Waals surface area contributed by atoms with E-state index in [4.69, 9.17) is 5.73 Å². The van der Waals surface area contributed by atoms with Crippen molar-refractivity contribution in [3.8, 4) is 0 Å². The molecule has 1 aromatic carbocycles. The van der Waals surface area contributed by atoms with Gasteiger partial charge in [-0.3, -0.25) is 4.79 Å². The van der Waals surface area contributed by atoms with Crippen LogP contribution in [0.15, 0.2) is 24.3 Å². The van der Waals surface area contributed by atoms with Crippen LogP contribution in [0, 0.1) is 5.92 Å². The van der Waals surface area contributed by atoms with Gasteiger partial charge in [-0.25, -0.2) is 0 Å². The van der Waals surface area contributed by atoms with Crippen LogP contribution in [0.2, 0.25) is 0 Å². The molecule has 3 heteroatoms. The molecule has 1 aliphatic rings. The highest BCUT2D eigenvalue weighted by atomic mass is 16.2. The number of carbonyl (C=O) groups is 1. The summed E-state index contributed by atoms with van der Waals surface area (Å²) in [6, 6.07) is 7.60. The Kier molecular flexibility index (Phi) is 4.37. The quantitative estimate of drug-likeness (QED) is 0.886. The minimum atomic E-state index is 0.116. The van der Waals surface area contributed by atoms with E-state index in [1.807, 2.05) is 36.2 Å². The fraction of sp³-hybridized carbons (Fsp3) is 0.533. The van der Waals surface area contributed by atoms with Crippen LogP contribution in [-0.2, 0) is 6.54 Å². The molecule has 0 spiro atoms. The molecule has 2 N–H and O–H groups in total. The molecule has 0 unspecified atom stereocenters. The molecule has 0 saturated heterocycles. The molecule has 1 fully saturated rings. The molecular formula is C15H22N2O. The maximum atomic E-state index is 12.2. The van der Waals surface area contributed by atoms with Gasteiger partial charge in [0.1, 0.15) is 0 Å². The van der Waals surface area contributed by atoms with Gasteiger partial charge in [0.2, 0.25) is 0 Å². The normalized spacial score (nSPS) is 15.9. The van der Waals surface area contributed by atoms with Crippen molar-refractivity contribution >= 4 is 5.91 Å². The summed E-state index contributed by atoms with van der Waals surface area (Å²) < 4.78 is 0. The average molecular weight is 246 g/mol. The maximum Gasteiger partial charge on any atom is 0.253 e. The second-order valence-electron chi connectivity index (χ2n) is 5.24. The second kappa shape index (κ2) is 6.01. The Balaban J connectivity index is 1.95. The van der Waals surface area contributed by atoms with Crippen LogP contribution in [0.25, 0.3) is 0 Å². The molecule has 0 heterocycles.